The second-order valence-electron chi connectivity index (χ2n) is 6.75. The maximum atomic E-state index is 12.6. The third-order valence-corrected chi connectivity index (χ3v) is 4.77. The number of hydrogen-bond donors (Lipinski definition) is 2. The molecule has 0 aliphatic heterocycles. The molecule has 1 heterocycles. The first-order chi connectivity index (χ1) is 14.1. The molecule has 0 aliphatic rings. The van der Waals surface area contributed by atoms with Crippen molar-refractivity contribution in [2.24, 2.45) is 5.92 Å². The lowest BCUT2D eigenvalue weighted by atomic mass is 10.0. The number of hydrogen-bond acceptors (Lipinski definition) is 5. The van der Waals surface area contributed by atoms with Gasteiger partial charge in [-0.3, -0.25) is 9.59 Å². The lowest BCUT2D eigenvalue weighted by Gasteiger charge is -2.23. The van der Waals surface area contributed by atoms with Gasteiger partial charge in [0.1, 0.15) is 6.04 Å². The van der Waals surface area contributed by atoms with Gasteiger partial charge in [0, 0.05) is 16.8 Å². The van der Waals surface area contributed by atoms with E-state index in [1.807, 2.05) is 0 Å². The minimum absolute atomic E-state index is 0.0883. The molecule has 0 saturated heterocycles. The Balaban J connectivity index is 2.01. The van der Waals surface area contributed by atoms with Crippen LogP contribution in [0.5, 0.6) is 0 Å². The SMILES string of the molecule is CC(C)[C@@H](NC(=O)c1ccc(Cl)cc1)C(=O)O[C@@H](C)C(=O)Nc1ncc(Cl)cc1Cl. The highest BCUT2D eigenvalue weighted by molar-refractivity contribution is 6.36. The fourth-order valence-corrected chi connectivity index (χ4v) is 2.90. The molecule has 2 rings (SSSR count). The van der Waals surface area contributed by atoms with E-state index >= 15 is 0 Å². The Morgan fingerprint density at radius 1 is 1.00 bits per heavy atom. The van der Waals surface area contributed by atoms with Gasteiger partial charge in [-0.05, 0) is 43.2 Å². The molecule has 0 spiro atoms. The average Bonchev–Trinajstić information content (AvgIpc) is 2.68. The topological polar surface area (TPSA) is 97.4 Å². The van der Waals surface area contributed by atoms with Gasteiger partial charge in [0.25, 0.3) is 11.8 Å². The lowest BCUT2D eigenvalue weighted by Crippen LogP contribution is -2.47. The Kier molecular flexibility index (Phi) is 8.46. The van der Waals surface area contributed by atoms with E-state index in [1.165, 1.54) is 19.2 Å². The largest absolute Gasteiger partial charge is 0.451 e. The van der Waals surface area contributed by atoms with E-state index in [0.29, 0.717) is 15.6 Å². The molecule has 2 N–H and O–H groups in total. The van der Waals surface area contributed by atoms with Crippen LogP contribution >= 0.6 is 34.8 Å². The summed E-state index contributed by atoms with van der Waals surface area (Å²) in [7, 11) is 0. The number of ether oxygens (including phenoxy) is 1. The van der Waals surface area contributed by atoms with Crippen molar-refractivity contribution in [2.75, 3.05) is 5.32 Å². The molecule has 30 heavy (non-hydrogen) atoms. The molecule has 2 aromatic rings. The van der Waals surface area contributed by atoms with Crippen LogP contribution in [-0.4, -0.2) is 34.9 Å². The van der Waals surface area contributed by atoms with Gasteiger partial charge in [-0.15, -0.1) is 0 Å². The first kappa shape index (κ1) is 23.9. The van der Waals surface area contributed by atoms with Crippen LogP contribution in [0, 0.1) is 5.92 Å². The number of carbonyl (C=O) groups is 3. The number of nitrogens with zero attached hydrogens (tertiary/aromatic N) is 1. The van der Waals surface area contributed by atoms with E-state index < -0.39 is 29.9 Å². The summed E-state index contributed by atoms with van der Waals surface area (Å²) in [5, 5.41) is 6.03. The summed E-state index contributed by atoms with van der Waals surface area (Å²) >= 11 is 17.6. The summed E-state index contributed by atoms with van der Waals surface area (Å²) in [6, 6.07) is 6.69. The van der Waals surface area contributed by atoms with Crippen LogP contribution in [-0.2, 0) is 14.3 Å². The van der Waals surface area contributed by atoms with Crippen molar-refractivity contribution < 1.29 is 19.1 Å². The first-order valence-corrected chi connectivity index (χ1v) is 10.1. The maximum Gasteiger partial charge on any atom is 0.329 e. The lowest BCUT2D eigenvalue weighted by molar-refractivity contribution is -0.156. The Morgan fingerprint density at radius 2 is 1.63 bits per heavy atom. The van der Waals surface area contributed by atoms with Crippen LogP contribution < -0.4 is 10.6 Å². The predicted molar refractivity (Wildman–Crippen MR) is 116 cm³/mol. The van der Waals surface area contributed by atoms with Gasteiger partial charge in [0.05, 0.1) is 10.0 Å². The Morgan fingerprint density at radius 3 is 2.20 bits per heavy atom. The molecule has 2 atom stereocenters. The second-order valence-corrected chi connectivity index (χ2v) is 8.03. The van der Waals surface area contributed by atoms with Crippen LogP contribution in [0.3, 0.4) is 0 Å². The van der Waals surface area contributed by atoms with Gasteiger partial charge in [-0.25, -0.2) is 9.78 Å². The Hall–Kier alpha value is -2.35. The van der Waals surface area contributed by atoms with Gasteiger partial charge >= 0.3 is 5.97 Å². The zero-order valence-corrected chi connectivity index (χ0v) is 18.7. The Bertz CT molecular complexity index is 935. The fourth-order valence-electron chi connectivity index (χ4n) is 2.35. The standard InChI is InChI=1S/C20H20Cl3N3O4/c1-10(2)16(25-19(28)12-4-6-13(21)7-5-12)20(29)30-11(3)18(27)26-17-15(23)8-14(22)9-24-17/h4-11,16H,1-3H3,(H,25,28)(H,24,26,27)/t11-,16+/m0/s1. The van der Waals surface area contributed by atoms with E-state index in [1.54, 1.807) is 38.1 Å². The average molecular weight is 473 g/mol. The third-order valence-electron chi connectivity index (χ3n) is 4.03. The van der Waals surface area contributed by atoms with E-state index in [9.17, 15) is 14.4 Å². The minimum atomic E-state index is -1.15. The zero-order chi connectivity index (χ0) is 22.4. The minimum Gasteiger partial charge on any atom is -0.451 e. The van der Waals surface area contributed by atoms with Gasteiger partial charge in [0.2, 0.25) is 0 Å². The van der Waals surface area contributed by atoms with E-state index in [2.05, 4.69) is 15.6 Å². The Labute approximate surface area is 189 Å². The number of aromatic nitrogens is 1. The summed E-state index contributed by atoms with van der Waals surface area (Å²) < 4.78 is 5.24. The molecular formula is C20H20Cl3N3O4. The number of esters is 1. The zero-order valence-electron chi connectivity index (χ0n) is 16.4. The first-order valence-electron chi connectivity index (χ1n) is 8.97. The van der Waals surface area contributed by atoms with Gasteiger partial charge < -0.3 is 15.4 Å². The normalized spacial score (nSPS) is 12.8. The molecule has 0 unspecified atom stereocenters. The highest BCUT2D eigenvalue weighted by Gasteiger charge is 2.29. The molecule has 1 aromatic carbocycles. The number of nitrogens with one attached hydrogen (secondary N) is 2. The quantitative estimate of drug-likeness (QED) is 0.583. The van der Waals surface area contributed by atoms with Crippen molar-refractivity contribution in [3.8, 4) is 0 Å². The molecule has 0 radical (unpaired) electrons. The van der Waals surface area contributed by atoms with E-state index in [-0.39, 0.29) is 16.8 Å². The van der Waals surface area contributed by atoms with Crippen LogP contribution in [0.2, 0.25) is 15.1 Å². The molecule has 1 aromatic heterocycles. The van der Waals surface area contributed by atoms with Crippen molar-refractivity contribution >= 4 is 58.4 Å². The monoisotopic (exact) mass is 471 g/mol. The number of benzene rings is 1. The summed E-state index contributed by atoms with van der Waals surface area (Å²) in [4.78, 5) is 41.3. The molecule has 0 fully saturated rings. The van der Waals surface area contributed by atoms with Crippen molar-refractivity contribution in [2.45, 2.75) is 32.9 Å². The maximum absolute atomic E-state index is 12.6. The van der Waals surface area contributed by atoms with Gasteiger partial charge in [-0.1, -0.05) is 48.7 Å². The molecule has 2 amide bonds. The summed E-state index contributed by atoms with van der Waals surface area (Å²) in [5.74, 6) is -2.03. The molecule has 0 saturated carbocycles. The second kappa shape index (κ2) is 10.6. The smallest absolute Gasteiger partial charge is 0.329 e. The van der Waals surface area contributed by atoms with Crippen LogP contribution in [0.4, 0.5) is 5.82 Å². The highest BCUT2D eigenvalue weighted by atomic mass is 35.5. The fraction of sp³-hybridized carbons (Fsp3) is 0.300. The van der Waals surface area contributed by atoms with Gasteiger partial charge in [0.15, 0.2) is 11.9 Å². The molecule has 7 nitrogen and oxygen atoms in total. The highest BCUT2D eigenvalue weighted by Crippen LogP contribution is 2.22. The van der Waals surface area contributed by atoms with Crippen molar-refractivity contribution in [1.29, 1.82) is 0 Å². The number of anilines is 1. The van der Waals surface area contributed by atoms with Crippen molar-refractivity contribution in [3.63, 3.8) is 0 Å². The summed E-state index contributed by atoms with van der Waals surface area (Å²) in [6.45, 7) is 4.89. The van der Waals surface area contributed by atoms with Crippen LogP contribution in [0.15, 0.2) is 36.5 Å². The molecule has 0 aliphatic carbocycles. The van der Waals surface area contributed by atoms with E-state index in [4.69, 9.17) is 39.5 Å². The molecular weight excluding hydrogens is 453 g/mol. The number of carbonyl (C=O) groups excluding carboxylic acids is 3. The van der Waals surface area contributed by atoms with Crippen molar-refractivity contribution in [3.05, 3.63) is 57.2 Å². The van der Waals surface area contributed by atoms with Crippen LogP contribution in [0.1, 0.15) is 31.1 Å². The number of pyridine rings is 1. The van der Waals surface area contributed by atoms with Crippen molar-refractivity contribution in [1.82, 2.24) is 10.3 Å². The number of halogens is 3. The summed E-state index contributed by atoms with van der Waals surface area (Å²) in [6.07, 6.45) is 0.167. The number of amides is 2. The van der Waals surface area contributed by atoms with Gasteiger partial charge in [-0.2, -0.15) is 0 Å². The molecule has 0 bridgehead atoms. The number of rotatable bonds is 7. The third kappa shape index (κ3) is 6.58. The molecule has 160 valence electrons. The van der Waals surface area contributed by atoms with Crippen LogP contribution in [0.25, 0.3) is 0 Å². The predicted octanol–water partition coefficient (Wildman–Crippen LogP) is 4.37. The van der Waals surface area contributed by atoms with E-state index in [0.717, 1.165) is 0 Å². The summed E-state index contributed by atoms with van der Waals surface area (Å²) in [5.41, 5.74) is 0.340. The molecule has 10 heteroatoms.